The maximum atomic E-state index is 14.1. The van der Waals surface area contributed by atoms with Gasteiger partial charge in [0.2, 0.25) is 5.91 Å². The lowest BCUT2D eigenvalue weighted by Crippen LogP contribution is -2.42. The summed E-state index contributed by atoms with van der Waals surface area (Å²) < 4.78 is 8.12. The highest BCUT2D eigenvalue weighted by molar-refractivity contribution is 5.94. The molecule has 2 saturated heterocycles. The molecule has 0 radical (unpaired) electrons. The molecule has 6 rings (SSSR count). The number of rotatable bonds is 8. The largest absolute Gasteiger partial charge is 0.457 e. The maximum absolute atomic E-state index is 14.1. The zero-order valence-electron chi connectivity index (χ0n) is 25.6. The van der Waals surface area contributed by atoms with Gasteiger partial charge in [-0.15, -0.1) is 0 Å². The fourth-order valence-electron chi connectivity index (χ4n) is 6.46. The van der Waals surface area contributed by atoms with E-state index < -0.39 is 0 Å². The number of aryl methyl sites for hydroxylation is 2. The van der Waals surface area contributed by atoms with Gasteiger partial charge in [-0.1, -0.05) is 38.1 Å². The molecule has 1 atom stereocenters. The first-order valence-corrected chi connectivity index (χ1v) is 15.4. The third kappa shape index (κ3) is 5.96. The van der Waals surface area contributed by atoms with Crippen LogP contribution in [0.25, 0.3) is 11.0 Å². The summed E-state index contributed by atoms with van der Waals surface area (Å²) in [4.78, 5) is 37.6. The lowest BCUT2D eigenvalue weighted by atomic mass is 9.89. The normalized spacial score (nSPS) is 16.9. The quantitative estimate of drug-likeness (QED) is 0.227. The number of para-hydroxylation sites is 1. The van der Waals surface area contributed by atoms with Crippen LogP contribution in [0, 0.1) is 18.8 Å². The number of imidazole rings is 1. The summed E-state index contributed by atoms with van der Waals surface area (Å²) in [5, 5.41) is 0. The Morgan fingerprint density at radius 1 is 0.930 bits per heavy atom. The number of likely N-dealkylation sites (tertiary alicyclic amines) is 1. The van der Waals surface area contributed by atoms with Crippen molar-refractivity contribution in [3.63, 3.8) is 0 Å². The molecule has 2 fully saturated rings. The first-order valence-electron chi connectivity index (χ1n) is 15.4. The predicted molar refractivity (Wildman–Crippen MR) is 169 cm³/mol. The monoisotopic (exact) mass is 579 g/mol. The Kier molecular flexibility index (Phi) is 8.10. The first kappa shape index (κ1) is 28.8. The summed E-state index contributed by atoms with van der Waals surface area (Å²) >= 11 is 0. The zero-order chi connectivity index (χ0) is 30.1. The number of hydrogen-bond donors (Lipinski definition) is 0. The smallest absolute Gasteiger partial charge is 0.325 e. The molecule has 2 aliphatic rings. The zero-order valence-corrected chi connectivity index (χ0v) is 25.6. The Morgan fingerprint density at radius 3 is 2.33 bits per heavy atom. The van der Waals surface area contributed by atoms with Crippen molar-refractivity contribution in [2.24, 2.45) is 18.9 Å². The minimum atomic E-state index is -0.159. The fraction of sp³-hybridized carbons (Fsp3) is 0.400. The van der Waals surface area contributed by atoms with E-state index in [1.807, 2.05) is 83.1 Å². The van der Waals surface area contributed by atoms with E-state index in [0.717, 1.165) is 66.4 Å². The van der Waals surface area contributed by atoms with Gasteiger partial charge in [0.1, 0.15) is 17.3 Å². The van der Waals surface area contributed by atoms with Gasteiger partial charge in [-0.3, -0.25) is 9.69 Å². The molecule has 224 valence electrons. The van der Waals surface area contributed by atoms with Crippen LogP contribution in [0.4, 0.5) is 10.5 Å². The van der Waals surface area contributed by atoms with E-state index in [0.29, 0.717) is 19.0 Å². The van der Waals surface area contributed by atoms with E-state index in [1.54, 1.807) is 0 Å². The number of ether oxygens (including phenoxy) is 1. The van der Waals surface area contributed by atoms with Gasteiger partial charge in [-0.05, 0) is 86.2 Å². The summed E-state index contributed by atoms with van der Waals surface area (Å²) in [6.07, 6.45) is 2.70. The number of amides is 3. The van der Waals surface area contributed by atoms with E-state index in [4.69, 9.17) is 9.72 Å². The minimum absolute atomic E-state index is 0.00242. The highest BCUT2D eigenvalue weighted by atomic mass is 16.5. The summed E-state index contributed by atoms with van der Waals surface area (Å²) in [7, 11) is 2.06. The number of nitrogens with zero attached hydrogens (tertiary/aromatic N) is 5. The number of aromatic nitrogens is 2. The van der Waals surface area contributed by atoms with Crippen molar-refractivity contribution in [2.45, 2.75) is 46.1 Å². The van der Waals surface area contributed by atoms with Crippen molar-refractivity contribution in [3.8, 4) is 11.5 Å². The number of hydrogen-bond acceptors (Lipinski definition) is 4. The van der Waals surface area contributed by atoms with Crippen LogP contribution in [0.2, 0.25) is 0 Å². The van der Waals surface area contributed by atoms with Crippen molar-refractivity contribution < 1.29 is 14.3 Å². The van der Waals surface area contributed by atoms with E-state index in [-0.39, 0.29) is 23.9 Å². The average molecular weight is 580 g/mol. The minimum Gasteiger partial charge on any atom is -0.457 e. The molecule has 0 aliphatic carbocycles. The van der Waals surface area contributed by atoms with Crippen molar-refractivity contribution in [1.29, 1.82) is 0 Å². The standard InChI is InChI=1S/C35H41N5O3/c1-24(2)34(41)38-18-16-26(17-19-38)23-32(33-36-30-15-10-25(3)22-31(30)37(33)4)40-21-20-39(35(40)42)27-11-13-29(14-12-27)43-28-8-6-5-7-9-28/h5-15,22,24,26,32H,16-21,23H2,1-4H3/t32-/m0/s1. The third-order valence-corrected chi connectivity index (χ3v) is 8.89. The van der Waals surface area contributed by atoms with Crippen molar-refractivity contribution >= 4 is 28.7 Å². The van der Waals surface area contributed by atoms with Crippen LogP contribution in [0.3, 0.4) is 0 Å². The Morgan fingerprint density at radius 2 is 1.63 bits per heavy atom. The summed E-state index contributed by atoms with van der Waals surface area (Å²) in [5.41, 5.74) is 4.06. The molecule has 3 aromatic carbocycles. The van der Waals surface area contributed by atoms with E-state index in [2.05, 4.69) is 36.7 Å². The molecule has 8 nitrogen and oxygen atoms in total. The van der Waals surface area contributed by atoms with E-state index in [9.17, 15) is 9.59 Å². The van der Waals surface area contributed by atoms with Gasteiger partial charge in [0.25, 0.3) is 0 Å². The number of carbonyl (C=O) groups excluding carboxylic acids is 2. The van der Waals surface area contributed by atoms with Gasteiger partial charge in [0, 0.05) is 44.8 Å². The highest BCUT2D eigenvalue weighted by Crippen LogP contribution is 2.37. The van der Waals surface area contributed by atoms with Crippen molar-refractivity contribution in [2.75, 3.05) is 31.1 Å². The van der Waals surface area contributed by atoms with Crippen LogP contribution in [0.15, 0.2) is 72.8 Å². The van der Waals surface area contributed by atoms with E-state index in [1.165, 1.54) is 5.56 Å². The van der Waals surface area contributed by atoms with Gasteiger partial charge in [-0.2, -0.15) is 0 Å². The molecule has 0 spiro atoms. The molecule has 0 N–H and O–H groups in total. The fourth-order valence-corrected chi connectivity index (χ4v) is 6.46. The second-order valence-electron chi connectivity index (χ2n) is 12.2. The van der Waals surface area contributed by atoms with Crippen molar-refractivity contribution in [1.82, 2.24) is 19.4 Å². The van der Waals surface area contributed by atoms with Crippen LogP contribution in [-0.2, 0) is 11.8 Å². The van der Waals surface area contributed by atoms with Gasteiger partial charge < -0.3 is 19.1 Å². The number of benzene rings is 3. The SMILES string of the molecule is Cc1ccc2nc([C@H](CC3CCN(C(=O)C(C)C)CC3)N3CCN(c4ccc(Oc5ccccc5)cc4)C3=O)n(C)c2c1. The second-order valence-corrected chi connectivity index (χ2v) is 12.2. The van der Waals surface area contributed by atoms with Crippen LogP contribution in [-0.4, -0.2) is 57.5 Å². The summed E-state index contributed by atoms with van der Waals surface area (Å²) in [5.74, 6) is 3.07. The summed E-state index contributed by atoms with van der Waals surface area (Å²) in [6, 6.07) is 23.6. The summed E-state index contributed by atoms with van der Waals surface area (Å²) in [6.45, 7) is 8.80. The Hall–Kier alpha value is -4.33. The van der Waals surface area contributed by atoms with Gasteiger partial charge >= 0.3 is 6.03 Å². The predicted octanol–water partition coefficient (Wildman–Crippen LogP) is 6.94. The Labute approximate surface area is 253 Å². The molecule has 3 amide bonds. The highest BCUT2D eigenvalue weighted by Gasteiger charge is 2.39. The van der Waals surface area contributed by atoms with Crippen LogP contribution in [0.5, 0.6) is 11.5 Å². The number of urea groups is 1. The van der Waals surface area contributed by atoms with Crippen LogP contribution >= 0.6 is 0 Å². The van der Waals surface area contributed by atoms with Crippen LogP contribution in [0.1, 0.15) is 50.5 Å². The second kappa shape index (κ2) is 12.1. The topological polar surface area (TPSA) is 70.9 Å². The lowest BCUT2D eigenvalue weighted by molar-refractivity contribution is -0.135. The van der Waals surface area contributed by atoms with Gasteiger partial charge in [0.05, 0.1) is 17.1 Å². The number of carbonyl (C=O) groups is 2. The Bertz CT molecular complexity index is 1590. The molecule has 2 aliphatic heterocycles. The molecule has 0 saturated carbocycles. The molecule has 1 aromatic heterocycles. The number of piperidine rings is 1. The van der Waals surface area contributed by atoms with Gasteiger partial charge in [-0.25, -0.2) is 9.78 Å². The first-order chi connectivity index (χ1) is 20.8. The van der Waals surface area contributed by atoms with Crippen molar-refractivity contribution in [3.05, 3.63) is 84.2 Å². The van der Waals surface area contributed by atoms with Crippen LogP contribution < -0.4 is 9.64 Å². The number of fused-ring (bicyclic) bond motifs is 1. The lowest BCUT2D eigenvalue weighted by Gasteiger charge is -2.36. The number of anilines is 1. The van der Waals surface area contributed by atoms with Gasteiger partial charge in [0.15, 0.2) is 0 Å². The molecule has 3 heterocycles. The maximum Gasteiger partial charge on any atom is 0.325 e. The Balaban J connectivity index is 1.23. The molecule has 0 bridgehead atoms. The molecule has 0 unspecified atom stereocenters. The van der Waals surface area contributed by atoms with E-state index >= 15 is 0 Å². The molecule has 4 aromatic rings. The molecular formula is C35H41N5O3. The molecule has 8 heteroatoms. The average Bonchev–Trinajstić information content (AvgIpc) is 3.56. The third-order valence-electron chi connectivity index (χ3n) is 8.89. The molecule has 43 heavy (non-hydrogen) atoms. The molecular weight excluding hydrogens is 538 g/mol.